The standard InChI is InChI=1S/C17H16N2OS/c20-17-15(11-13-7-3-1-4-8-13)16(18-19-17)12-21-14-9-5-2-6-10-14/h1-11,16,18H,12H2,(H,19,20)/b15-11-. The van der Waals surface area contributed by atoms with Crippen molar-refractivity contribution in [1.82, 2.24) is 10.9 Å². The van der Waals surface area contributed by atoms with E-state index in [1.165, 1.54) is 4.90 Å². The third-order valence-electron chi connectivity index (χ3n) is 3.28. The first-order valence-electron chi connectivity index (χ1n) is 6.83. The predicted octanol–water partition coefficient (Wildman–Crippen LogP) is 2.87. The SMILES string of the molecule is O=C1NNC(CSc2ccccc2)/C1=C/c1ccccc1. The van der Waals surface area contributed by atoms with Crippen LogP contribution in [0.4, 0.5) is 0 Å². The number of carbonyl (C=O) groups is 1. The van der Waals surface area contributed by atoms with Gasteiger partial charge in [0, 0.05) is 16.2 Å². The fraction of sp³-hybridized carbons (Fsp3) is 0.118. The second-order valence-electron chi connectivity index (χ2n) is 4.79. The van der Waals surface area contributed by atoms with Gasteiger partial charge in [-0.2, -0.15) is 0 Å². The average Bonchev–Trinajstić information content (AvgIpc) is 2.88. The van der Waals surface area contributed by atoms with Gasteiger partial charge in [-0.15, -0.1) is 11.8 Å². The molecular weight excluding hydrogens is 280 g/mol. The molecule has 1 aliphatic rings. The number of hydrogen-bond acceptors (Lipinski definition) is 3. The predicted molar refractivity (Wildman–Crippen MR) is 86.7 cm³/mol. The molecule has 1 saturated heterocycles. The van der Waals surface area contributed by atoms with E-state index in [2.05, 4.69) is 23.0 Å². The van der Waals surface area contributed by atoms with Crippen molar-refractivity contribution in [2.45, 2.75) is 10.9 Å². The summed E-state index contributed by atoms with van der Waals surface area (Å²) >= 11 is 1.74. The fourth-order valence-corrected chi connectivity index (χ4v) is 3.16. The van der Waals surface area contributed by atoms with Gasteiger partial charge in [0.05, 0.1) is 6.04 Å². The Hall–Kier alpha value is -2.04. The number of carbonyl (C=O) groups excluding carboxylic acids is 1. The molecule has 3 nitrogen and oxygen atoms in total. The molecule has 1 unspecified atom stereocenters. The number of amides is 1. The molecule has 1 atom stereocenters. The van der Waals surface area contributed by atoms with Crippen LogP contribution in [0.2, 0.25) is 0 Å². The summed E-state index contributed by atoms with van der Waals surface area (Å²) in [6, 6.07) is 20.1. The number of nitrogens with one attached hydrogen (secondary N) is 2. The second kappa shape index (κ2) is 6.61. The quantitative estimate of drug-likeness (QED) is 0.673. The third-order valence-corrected chi connectivity index (χ3v) is 4.38. The van der Waals surface area contributed by atoms with E-state index < -0.39 is 0 Å². The van der Waals surface area contributed by atoms with E-state index in [1.807, 2.05) is 54.6 Å². The maximum atomic E-state index is 11.9. The highest BCUT2D eigenvalue weighted by Crippen LogP contribution is 2.23. The molecule has 21 heavy (non-hydrogen) atoms. The Balaban J connectivity index is 1.72. The Morgan fingerprint density at radius 3 is 2.38 bits per heavy atom. The minimum Gasteiger partial charge on any atom is -0.287 e. The highest BCUT2D eigenvalue weighted by molar-refractivity contribution is 7.99. The van der Waals surface area contributed by atoms with E-state index in [4.69, 9.17) is 0 Å². The molecular formula is C17H16N2OS. The summed E-state index contributed by atoms with van der Waals surface area (Å²) in [6.07, 6.45) is 1.95. The molecule has 1 fully saturated rings. The van der Waals surface area contributed by atoms with E-state index >= 15 is 0 Å². The van der Waals surface area contributed by atoms with E-state index in [9.17, 15) is 4.79 Å². The molecule has 1 aliphatic heterocycles. The number of hydrazine groups is 1. The Kier molecular flexibility index (Phi) is 4.38. The molecule has 2 aromatic rings. The van der Waals surface area contributed by atoms with Crippen molar-refractivity contribution in [3.8, 4) is 0 Å². The van der Waals surface area contributed by atoms with E-state index in [1.54, 1.807) is 11.8 Å². The zero-order chi connectivity index (χ0) is 14.5. The van der Waals surface area contributed by atoms with E-state index in [-0.39, 0.29) is 11.9 Å². The summed E-state index contributed by atoms with van der Waals surface area (Å²) in [5.74, 6) is 0.763. The van der Waals surface area contributed by atoms with Crippen LogP contribution in [0.15, 0.2) is 71.1 Å². The minimum absolute atomic E-state index is 0.0166. The first-order chi connectivity index (χ1) is 10.3. The van der Waals surface area contributed by atoms with E-state index in [0.717, 1.165) is 16.9 Å². The second-order valence-corrected chi connectivity index (χ2v) is 5.88. The van der Waals surface area contributed by atoms with Gasteiger partial charge in [-0.25, -0.2) is 5.43 Å². The summed E-state index contributed by atoms with van der Waals surface area (Å²) in [4.78, 5) is 13.2. The van der Waals surface area contributed by atoms with Crippen molar-refractivity contribution in [1.29, 1.82) is 0 Å². The Labute approximate surface area is 128 Å². The van der Waals surface area contributed by atoms with Crippen LogP contribution in [0.25, 0.3) is 6.08 Å². The molecule has 4 heteroatoms. The van der Waals surface area contributed by atoms with Crippen LogP contribution >= 0.6 is 11.8 Å². The van der Waals surface area contributed by atoms with Crippen LogP contribution in [-0.4, -0.2) is 17.7 Å². The zero-order valence-electron chi connectivity index (χ0n) is 11.5. The van der Waals surface area contributed by atoms with Crippen LogP contribution < -0.4 is 10.9 Å². The zero-order valence-corrected chi connectivity index (χ0v) is 12.3. The Bertz CT molecular complexity index is 640. The highest BCUT2D eigenvalue weighted by Gasteiger charge is 2.27. The maximum absolute atomic E-state index is 11.9. The molecule has 0 aliphatic carbocycles. The van der Waals surface area contributed by atoms with Crippen molar-refractivity contribution in [3.63, 3.8) is 0 Å². The minimum atomic E-state index is -0.0440. The van der Waals surface area contributed by atoms with E-state index in [0.29, 0.717) is 0 Å². The van der Waals surface area contributed by atoms with Gasteiger partial charge in [0.15, 0.2) is 0 Å². The Morgan fingerprint density at radius 1 is 1.00 bits per heavy atom. The maximum Gasteiger partial charge on any atom is 0.263 e. The van der Waals surface area contributed by atoms with Crippen molar-refractivity contribution < 1.29 is 4.79 Å². The summed E-state index contributed by atoms with van der Waals surface area (Å²) in [5, 5.41) is 0. The van der Waals surface area contributed by atoms with Gasteiger partial charge in [0.2, 0.25) is 0 Å². The van der Waals surface area contributed by atoms with Crippen molar-refractivity contribution in [2.24, 2.45) is 0 Å². The molecule has 2 N–H and O–H groups in total. The summed E-state index contributed by atoms with van der Waals surface area (Å²) < 4.78 is 0. The largest absolute Gasteiger partial charge is 0.287 e. The summed E-state index contributed by atoms with van der Waals surface area (Å²) in [5.41, 5.74) is 7.59. The van der Waals surface area contributed by atoms with Gasteiger partial charge < -0.3 is 0 Å². The topological polar surface area (TPSA) is 41.1 Å². The number of benzene rings is 2. The van der Waals surface area contributed by atoms with Gasteiger partial charge in [-0.1, -0.05) is 48.5 Å². The number of rotatable bonds is 4. The number of thioether (sulfide) groups is 1. The molecule has 106 valence electrons. The van der Waals surface area contributed by atoms with Crippen LogP contribution in [-0.2, 0) is 4.79 Å². The molecule has 0 saturated carbocycles. The summed E-state index contributed by atoms with van der Waals surface area (Å²) in [6.45, 7) is 0. The van der Waals surface area contributed by atoms with Gasteiger partial charge in [-0.05, 0) is 23.8 Å². The fourth-order valence-electron chi connectivity index (χ4n) is 2.18. The molecule has 1 heterocycles. The molecule has 3 rings (SSSR count). The van der Waals surface area contributed by atoms with Crippen molar-refractivity contribution >= 4 is 23.7 Å². The first kappa shape index (κ1) is 13.9. The highest BCUT2D eigenvalue weighted by atomic mass is 32.2. The van der Waals surface area contributed by atoms with Gasteiger partial charge in [0.25, 0.3) is 5.91 Å². The van der Waals surface area contributed by atoms with Crippen LogP contribution in [0, 0.1) is 0 Å². The Morgan fingerprint density at radius 2 is 1.67 bits per heavy atom. The van der Waals surface area contributed by atoms with Gasteiger partial charge in [-0.3, -0.25) is 10.2 Å². The summed E-state index contributed by atoms with van der Waals surface area (Å²) in [7, 11) is 0. The molecule has 0 aromatic heterocycles. The lowest BCUT2D eigenvalue weighted by Crippen LogP contribution is -2.32. The lowest BCUT2D eigenvalue weighted by atomic mass is 10.1. The van der Waals surface area contributed by atoms with Crippen molar-refractivity contribution in [2.75, 3.05) is 5.75 Å². The normalized spacial score (nSPS) is 19.7. The molecule has 0 spiro atoms. The molecule has 0 radical (unpaired) electrons. The first-order valence-corrected chi connectivity index (χ1v) is 7.82. The van der Waals surface area contributed by atoms with Crippen LogP contribution in [0.3, 0.4) is 0 Å². The molecule has 0 bridgehead atoms. The van der Waals surface area contributed by atoms with Crippen LogP contribution in [0.1, 0.15) is 5.56 Å². The molecule has 1 amide bonds. The number of hydrogen-bond donors (Lipinski definition) is 2. The monoisotopic (exact) mass is 296 g/mol. The van der Waals surface area contributed by atoms with Gasteiger partial charge in [0.1, 0.15) is 0 Å². The van der Waals surface area contributed by atoms with Crippen LogP contribution in [0.5, 0.6) is 0 Å². The average molecular weight is 296 g/mol. The molecule has 2 aromatic carbocycles. The lowest BCUT2D eigenvalue weighted by Gasteiger charge is -2.10. The van der Waals surface area contributed by atoms with Crippen molar-refractivity contribution in [3.05, 3.63) is 71.8 Å². The lowest BCUT2D eigenvalue weighted by molar-refractivity contribution is -0.116. The third kappa shape index (κ3) is 3.54. The smallest absolute Gasteiger partial charge is 0.263 e. The van der Waals surface area contributed by atoms with Gasteiger partial charge >= 0.3 is 0 Å².